The molecule has 0 unspecified atom stereocenters. The van der Waals surface area contributed by atoms with Gasteiger partial charge in [-0.2, -0.15) is 0 Å². The number of nitro groups is 1. The van der Waals surface area contributed by atoms with Crippen molar-refractivity contribution in [3.05, 3.63) is 75.8 Å². The Kier molecular flexibility index (Phi) is 6.73. The van der Waals surface area contributed by atoms with Crippen LogP contribution in [0.5, 0.6) is 0 Å². The number of nitrogens with zero attached hydrogens (tertiary/aromatic N) is 1. The molecule has 0 spiro atoms. The van der Waals surface area contributed by atoms with Crippen LogP contribution >= 0.6 is 12.2 Å². The minimum atomic E-state index is -0.544. The zero-order chi connectivity index (χ0) is 19.8. The van der Waals surface area contributed by atoms with Crippen molar-refractivity contribution in [3.8, 4) is 0 Å². The zero-order valence-corrected chi connectivity index (χ0v) is 15.0. The quantitative estimate of drug-likeness (QED) is 0.268. The molecule has 27 heavy (non-hydrogen) atoms. The number of rotatable bonds is 5. The second kappa shape index (κ2) is 9.20. The van der Waals surface area contributed by atoms with Gasteiger partial charge in [0.2, 0.25) is 5.91 Å². The Balaban J connectivity index is 2.00. The largest absolute Gasteiger partial charge is 0.465 e. The summed E-state index contributed by atoms with van der Waals surface area (Å²) in [7, 11) is 1.26. The normalized spacial score (nSPS) is 10.3. The van der Waals surface area contributed by atoms with Crippen molar-refractivity contribution in [1.82, 2.24) is 5.32 Å². The summed E-state index contributed by atoms with van der Waals surface area (Å²) in [6.45, 7) is 0. The van der Waals surface area contributed by atoms with Crippen LogP contribution in [0.4, 0.5) is 11.4 Å². The number of nitrogens with one attached hydrogen (secondary N) is 2. The van der Waals surface area contributed by atoms with Crippen molar-refractivity contribution in [1.29, 1.82) is 0 Å². The molecule has 2 aromatic carbocycles. The highest BCUT2D eigenvalue weighted by molar-refractivity contribution is 7.80. The average molecular weight is 385 g/mol. The lowest BCUT2D eigenvalue weighted by Gasteiger charge is -2.11. The minimum absolute atomic E-state index is 0.0138. The fraction of sp³-hybridized carbons (Fsp3) is 0.0556. The third-order valence-corrected chi connectivity index (χ3v) is 3.53. The topological polar surface area (TPSA) is 111 Å². The average Bonchev–Trinajstić information content (AvgIpc) is 2.66. The third-order valence-electron chi connectivity index (χ3n) is 3.33. The number of para-hydroxylation sites is 1. The second-order valence-corrected chi connectivity index (χ2v) is 5.57. The van der Waals surface area contributed by atoms with Gasteiger partial charge in [-0.05, 0) is 36.0 Å². The highest BCUT2D eigenvalue weighted by atomic mass is 32.1. The monoisotopic (exact) mass is 385 g/mol. The molecular weight excluding hydrogens is 370 g/mol. The molecule has 1 amide bonds. The molecule has 0 saturated heterocycles. The number of carbonyl (C=O) groups excluding carboxylic acids is 2. The number of anilines is 1. The van der Waals surface area contributed by atoms with Gasteiger partial charge in [-0.1, -0.05) is 24.3 Å². The number of hydrogen-bond donors (Lipinski definition) is 2. The number of amides is 1. The van der Waals surface area contributed by atoms with Gasteiger partial charge in [0, 0.05) is 18.2 Å². The Hall–Kier alpha value is -3.59. The van der Waals surface area contributed by atoms with E-state index in [1.54, 1.807) is 30.3 Å². The van der Waals surface area contributed by atoms with Gasteiger partial charge in [-0.25, -0.2) is 4.79 Å². The summed E-state index contributed by atoms with van der Waals surface area (Å²) in [6, 6.07) is 12.4. The number of methoxy groups -OCH3 is 1. The van der Waals surface area contributed by atoms with Gasteiger partial charge >= 0.3 is 5.97 Å². The van der Waals surface area contributed by atoms with Crippen molar-refractivity contribution in [2.45, 2.75) is 0 Å². The van der Waals surface area contributed by atoms with E-state index in [1.165, 1.54) is 37.5 Å². The highest BCUT2D eigenvalue weighted by Gasteiger charge is 2.12. The Morgan fingerprint density at radius 2 is 1.93 bits per heavy atom. The van der Waals surface area contributed by atoms with Crippen molar-refractivity contribution in [3.63, 3.8) is 0 Å². The van der Waals surface area contributed by atoms with Gasteiger partial charge in [-0.15, -0.1) is 0 Å². The van der Waals surface area contributed by atoms with Crippen LogP contribution in [0.1, 0.15) is 15.9 Å². The summed E-state index contributed by atoms with van der Waals surface area (Å²) in [4.78, 5) is 33.9. The number of esters is 1. The summed E-state index contributed by atoms with van der Waals surface area (Å²) in [5.74, 6) is -1.08. The lowest BCUT2D eigenvalue weighted by Crippen LogP contribution is -2.33. The lowest BCUT2D eigenvalue weighted by atomic mass is 10.2. The van der Waals surface area contributed by atoms with Crippen LogP contribution in [0.3, 0.4) is 0 Å². The maximum Gasteiger partial charge on any atom is 0.339 e. The number of thiocarbonyl (C=S) groups is 1. The molecule has 0 fully saturated rings. The predicted octanol–water partition coefficient (Wildman–Crippen LogP) is 2.91. The van der Waals surface area contributed by atoms with Crippen LogP contribution in [0.25, 0.3) is 6.08 Å². The van der Waals surface area contributed by atoms with E-state index in [-0.39, 0.29) is 16.4 Å². The maximum absolute atomic E-state index is 12.0. The fourth-order valence-electron chi connectivity index (χ4n) is 2.10. The molecule has 0 atom stereocenters. The molecule has 0 aliphatic carbocycles. The van der Waals surface area contributed by atoms with Gasteiger partial charge in [0.25, 0.3) is 5.69 Å². The van der Waals surface area contributed by atoms with E-state index in [2.05, 4.69) is 15.4 Å². The standard InChI is InChI=1S/C18H15N3O5S/c1-26-17(23)14-7-2-3-8-15(14)19-18(27)20-16(22)10-9-12-5-4-6-13(11-12)21(24)25/h2-11H,1H3,(H2,19,20,22,27). The smallest absolute Gasteiger partial charge is 0.339 e. The molecule has 0 heterocycles. The summed E-state index contributed by atoms with van der Waals surface area (Å²) in [5.41, 5.74) is 1.07. The fourth-order valence-corrected chi connectivity index (χ4v) is 2.31. The maximum atomic E-state index is 12.0. The lowest BCUT2D eigenvalue weighted by molar-refractivity contribution is -0.384. The molecule has 2 aromatic rings. The molecule has 138 valence electrons. The molecular formula is C18H15N3O5S. The summed E-state index contributed by atoms with van der Waals surface area (Å²) in [6.07, 6.45) is 2.62. The number of ether oxygens (including phenoxy) is 1. The van der Waals surface area contributed by atoms with Gasteiger partial charge < -0.3 is 10.1 Å². The predicted molar refractivity (Wildman–Crippen MR) is 104 cm³/mol. The summed E-state index contributed by atoms with van der Waals surface area (Å²) in [5, 5.41) is 15.9. The van der Waals surface area contributed by atoms with E-state index in [1.807, 2.05) is 0 Å². The van der Waals surface area contributed by atoms with Crippen LogP contribution in [0.2, 0.25) is 0 Å². The highest BCUT2D eigenvalue weighted by Crippen LogP contribution is 2.16. The van der Waals surface area contributed by atoms with Crippen molar-refractivity contribution >= 4 is 46.7 Å². The first kappa shape index (κ1) is 19.7. The number of non-ortho nitro benzene ring substituents is 1. The Bertz CT molecular complexity index is 927. The molecule has 0 radical (unpaired) electrons. The Morgan fingerprint density at radius 1 is 1.19 bits per heavy atom. The van der Waals surface area contributed by atoms with Crippen LogP contribution < -0.4 is 10.6 Å². The summed E-state index contributed by atoms with van der Waals surface area (Å²) < 4.78 is 4.68. The van der Waals surface area contributed by atoms with Crippen molar-refractivity contribution < 1.29 is 19.2 Å². The Labute approximate surface area is 160 Å². The van der Waals surface area contributed by atoms with Gasteiger partial charge in [-0.3, -0.25) is 20.2 Å². The minimum Gasteiger partial charge on any atom is -0.465 e. The number of carbonyl (C=O) groups is 2. The van der Waals surface area contributed by atoms with E-state index in [0.29, 0.717) is 11.3 Å². The summed E-state index contributed by atoms with van der Waals surface area (Å²) >= 11 is 5.06. The van der Waals surface area contributed by atoms with Crippen molar-refractivity contribution in [2.24, 2.45) is 0 Å². The van der Waals surface area contributed by atoms with Crippen LogP contribution in [-0.4, -0.2) is 29.0 Å². The number of hydrogen-bond acceptors (Lipinski definition) is 6. The first-order valence-electron chi connectivity index (χ1n) is 7.62. The van der Waals surface area contributed by atoms with Crippen LogP contribution in [-0.2, 0) is 9.53 Å². The number of benzene rings is 2. The third kappa shape index (κ3) is 5.72. The SMILES string of the molecule is COC(=O)c1ccccc1NC(=S)NC(=O)C=Cc1cccc([N+](=O)[O-])c1. The second-order valence-electron chi connectivity index (χ2n) is 5.17. The van der Waals surface area contributed by atoms with Crippen molar-refractivity contribution in [2.75, 3.05) is 12.4 Å². The van der Waals surface area contributed by atoms with E-state index >= 15 is 0 Å². The molecule has 0 saturated carbocycles. The molecule has 0 bridgehead atoms. The first-order chi connectivity index (χ1) is 12.9. The van der Waals surface area contributed by atoms with Gasteiger partial charge in [0.15, 0.2) is 5.11 Å². The number of nitro benzene ring substituents is 1. The van der Waals surface area contributed by atoms with Gasteiger partial charge in [0.05, 0.1) is 23.3 Å². The van der Waals surface area contributed by atoms with E-state index in [9.17, 15) is 19.7 Å². The van der Waals surface area contributed by atoms with E-state index in [0.717, 1.165) is 0 Å². The molecule has 8 nitrogen and oxygen atoms in total. The zero-order valence-electron chi connectivity index (χ0n) is 14.2. The molecule has 9 heteroatoms. The first-order valence-corrected chi connectivity index (χ1v) is 8.03. The van der Waals surface area contributed by atoms with Crippen LogP contribution in [0, 0.1) is 10.1 Å². The van der Waals surface area contributed by atoms with E-state index in [4.69, 9.17) is 12.2 Å². The van der Waals surface area contributed by atoms with E-state index < -0.39 is 16.8 Å². The van der Waals surface area contributed by atoms with Crippen LogP contribution in [0.15, 0.2) is 54.6 Å². The van der Waals surface area contributed by atoms with Gasteiger partial charge in [0.1, 0.15) is 0 Å². The Morgan fingerprint density at radius 3 is 2.63 bits per heavy atom. The molecule has 0 aromatic heterocycles. The molecule has 2 N–H and O–H groups in total. The molecule has 0 aliphatic rings. The molecule has 2 rings (SSSR count). The molecule has 0 aliphatic heterocycles.